The average molecular weight is 407 g/mol. The number of nitrogen functional groups attached to an aromatic ring is 1. The standard InChI is InChI=1S/C19H25NO4S.CO2/c1-4-14-16(25-18(20)17(14)19(22)24-5-2)9-7-13-10-12(11-21)6-8-15(13)23-3;2-1-3/h6,8,10,21H,4-5,7,9,11,20H2,1-3H3;. The Balaban J connectivity index is 0.00000122. The topological polar surface area (TPSA) is 116 Å². The smallest absolute Gasteiger partial charge is 0.373 e. The van der Waals surface area contributed by atoms with E-state index in [9.17, 15) is 9.90 Å². The Labute approximate surface area is 168 Å². The Hall–Kier alpha value is -2.67. The number of aliphatic hydroxyl groups is 1. The highest BCUT2D eigenvalue weighted by Gasteiger charge is 2.22. The van der Waals surface area contributed by atoms with Crippen LogP contribution in [0.4, 0.5) is 5.00 Å². The molecule has 28 heavy (non-hydrogen) atoms. The van der Waals surface area contributed by atoms with E-state index in [1.807, 2.05) is 25.1 Å². The van der Waals surface area contributed by atoms with Crippen molar-refractivity contribution in [1.29, 1.82) is 0 Å². The number of carbonyl (C=O) groups is 1. The lowest BCUT2D eigenvalue weighted by molar-refractivity contribution is -0.191. The number of hydrogen-bond acceptors (Lipinski definition) is 8. The summed E-state index contributed by atoms with van der Waals surface area (Å²) in [6.07, 6.45) is 2.47. The zero-order valence-corrected chi connectivity index (χ0v) is 17.1. The van der Waals surface area contributed by atoms with Gasteiger partial charge in [0.05, 0.1) is 25.9 Å². The molecule has 0 amide bonds. The number of nitrogens with two attached hydrogens (primary N) is 1. The van der Waals surface area contributed by atoms with E-state index in [4.69, 9.17) is 24.8 Å². The van der Waals surface area contributed by atoms with Gasteiger partial charge in [0.1, 0.15) is 10.8 Å². The van der Waals surface area contributed by atoms with Crippen LogP contribution in [0.5, 0.6) is 5.75 Å². The first-order valence-electron chi connectivity index (χ1n) is 8.80. The molecule has 3 N–H and O–H groups in total. The number of aryl methyl sites for hydroxylation is 2. The van der Waals surface area contributed by atoms with E-state index in [1.165, 1.54) is 11.3 Å². The van der Waals surface area contributed by atoms with Crippen molar-refractivity contribution in [2.75, 3.05) is 19.5 Å². The lowest BCUT2D eigenvalue weighted by atomic mass is 10.0. The fourth-order valence-corrected chi connectivity index (χ4v) is 4.06. The normalized spacial score (nSPS) is 9.86. The summed E-state index contributed by atoms with van der Waals surface area (Å²) in [6, 6.07) is 5.67. The summed E-state index contributed by atoms with van der Waals surface area (Å²) in [5.74, 6) is 0.449. The maximum Gasteiger partial charge on any atom is 0.373 e. The van der Waals surface area contributed by atoms with Gasteiger partial charge in [-0.05, 0) is 55.0 Å². The van der Waals surface area contributed by atoms with Crippen LogP contribution in [0.3, 0.4) is 0 Å². The highest BCUT2D eigenvalue weighted by atomic mass is 32.1. The fraction of sp³-hybridized carbons (Fsp3) is 0.400. The maximum atomic E-state index is 12.2. The van der Waals surface area contributed by atoms with Crippen molar-refractivity contribution < 1.29 is 29.0 Å². The molecule has 0 aliphatic rings. The number of carbonyl (C=O) groups excluding carboxylic acids is 3. The molecular weight excluding hydrogens is 382 g/mol. The summed E-state index contributed by atoms with van der Waals surface area (Å²) >= 11 is 1.45. The first-order valence-corrected chi connectivity index (χ1v) is 9.61. The Morgan fingerprint density at radius 1 is 1.25 bits per heavy atom. The molecule has 0 aliphatic heterocycles. The summed E-state index contributed by atoms with van der Waals surface area (Å²) in [5.41, 5.74) is 9.44. The number of ether oxygens (including phenoxy) is 2. The zero-order chi connectivity index (χ0) is 21.1. The van der Waals surface area contributed by atoms with Crippen molar-refractivity contribution in [2.24, 2.45) is 0 Å². The van der Waals surface area contributed by atoms with E-state index in [0.717, 1.165) is 46.6 Å². The van der Waals surface area contributed by atoms with Crippen LogP contribution in [-0.4, -0.2) is 30.9 Å². The molecular formula is C20H25NO6S. The Kier molecular flexibility index (Phi) is 9.95. The van der Waals surface area contributed by atoms with Gasteiger partial charge in [0.2, 0.25) is 0 Å². The van der Waals surface area contributed by atoms with Crippen molar-refractivity contribution in [2.45, 2.75) is 39.7 Å². The third-order valence-electron chi connectivity index (χ3n) is 4.10. The van der Waals surface area contributed by atoms with Gasteiger partial charge < -0.3 is 20.3 Å². The molecule has 152 valence electrons. The number of anilines is 1. The minimum atomic E-state index is -0.348. The largest absolute Gasteiger partial charge is 0.496 e. The molecule has 1 heterocycles. The van der Waals surface area contributed by atoms with Crippen LogP contribution in [0.1, 0.15) is 45.8 Å². The molecule has 0 fully saturated rings. The monoisotopic (exact) mass is 407 g/mol. The van der Waals surface area contributed by atoms with Gasteiger partial charge in [0.25, 0.3) is 0 Å². The minimum absolute atomic E-state index is 0.00381. The first-order chi connectivity index (χ1) is 13.5. The van der Waals surface area contributed by atoms with Crippen LogP contribution in [0.15, 0.2) is 18.2 Å². The van der Waals surface area contributed by atoms with Gasteiger partial charge in [-0.25, -0.2) is 4.79 Å². The van der Waals surface area contributed by atoms with E-state index in [-0.39, 0.29) is 18.7 Å². The maximum absolute atomic E-state index is 12.2. The number of rotatable bonds is 8. The molecule has 0 aliphatic carbocycles. The van der Waals surface area contributed by atoms with Gasteiger partial charge in [-0.1, -0.05) is 13.0 Å². The van der Waals surface area contributed by atoms with Gasteiger partial charge in [-0.3, -0.25) is 0 Å². The van der Waals surface area contributed by atoms with Crippen molar-refractivity contribution in [3.05, 3.63) is 45.3 Å². The van der Waals surface area contributed by atoms with Crippen LogP contribution in [0.2, 0.25) is 0 Å². The molecule has 7 nitrogen and oxygen atoms in total. The molecule has 0 unspecified atom stereocenters. The molecule has 1 aromatic heterocycles. The van der Waals surface area contributed by atoms with Crippen LogP contribution in [0.25, 0.3) is 0 Å². The summed E-state index contributed by atoms with van der Waals surface area (Å²) in [7, 11) is 1.64. The molecule has 0 radical (unpaired) electrons. The van der Waals surface area contributed by atoms with E-state index in [1.54, 1.807) is 14.0 Å². The number of benzene rings is 1. The molecule has 8 heteroatoms. The highest BCUT2D eigenvalue weighted by Crippen LogP contribution is 2.34. The van der Waals surface area contributed by atoms with Gasteiger partial charge in [0, 0.05) is 4.88 Å². The van der Waals surface area contributed by atoms with Gasteiger partial charge in [0.15, 0.2) is 0 Å². The van der Waals surface area contributed by atoms with Crippen LogP contribution in [0, 0.1) is 0 Å². The van der Waals surface area contributed by atoms with Gasteiger partial charge >= 0.3 is 12.1 Å². The van der Waals surface area contributed by atoms with E-state index in [0.29, 0.717) is 17.2 Å². The Morgan fingerprint density at radius 3 is 2.46 bits per heavy atom. The summed E-state index contributed by atoms with van der Waals surface area (Å²) in [5, 5.41) is 9.85. The Morgan fingerprint density at radius 2 is 1.93 bits per heavy atom. The van der Waals surface area contributed by atoms with Crippen LogP contribution < -0.4 is 10.5 Å². The third-order valence-corrected chi connectivity index (χ3v) is 5.22. The number of thiophene rings is 1. The van der Waals surface area contributed by atoms with Crippen LogP contribution in [-0.2, 0) is 40.2 Å². The predicted molar refractivity (Wildman–Crippen MR) is 105 cm³/mol. The molecule has 2 rings (SSSR count). The lowest BCUT2D eigenvalue weighted by Gasteiger charge is -2.10. The second kappa shape index (κ2) is 11.9. The summed E-state index contributed by atoms with van der Waals surface area (Å²) in [6.45, 7) is 4.13. The third kappa shape index (κ3) is 5.92. The highest BCUT2D eigenvalue weighted by molar-refractivity contribution is 7.16. The number of esters is 1. The van der Waals surface area contributed by atoms with Crippen molar-refractivity contribution in [3.8, 4) is 5.75 Å². The molecule has 1 aromatic carbocycles. The summed E-state index contributed by atoms with van der Waals surface area (Å²) in [4.78, 5) is 29.5. The van der Waals surface area contributed by atoms with Gasteiger partial charge in [-0.15, -0.1) is 11.3 Å². The fourth-order valence-electron chi connectivity index (χ4n) is 2.91. The zero-order valence-electron chi connectivity index (χ0n) is 16.2. The minimum Gasteiger partial charge on any atom is -0.496 e. The second-order valence-electron chi connectivity index (χ2n) is 5.70. The van der Waals surface area contributed by atoms with Crippen molar-refractivity contribution in [3.63, 3.8) is 0 Å². The number of methoxy groups -OCH3 is 1. The Bertz CT molecular complexity index is 824. The summed E-state index contributed by atoms with van der Waals surface area (Å²) < 4.78 is 10.5. The predicted octanol–water partition coefficient (Wildman–Crippen LogP) is 2.77. The molecule has 0 saturated heterocycles. The first kappa shape index (κ1) is 23.4. The quantitative estimate of drug-likeness (QED) is 0.646. The molecule has 0 spiro atoms. The molecule has 0 bridgehead atoms. The van der Waals surface area contributed by atoms with Crippen LogP contribution >= 0.6 is 11.3 Å². The van der Waals surface area contributed by atoms with E-state index >= 15 is 0 Å². The number of hydrogen-bond donors (Lipinski definition) is 2. The SMILES string of the molecule is CCOC(=O)c1c(N)sc(CCc2cc(CO)ccc2OC)c1CC.O=C=O. The molecule has 0 saturated carbocycles. The average Bonchev–Trinajstić information content (AvgIpc) is 3.02. The van der Waals surface area contributed by atoms with Crippen molar-refractivity contribution >= 4 is 28.5 Å². The molecule has 0 atom stereocenters. The number of aliphatic hydroxyl groups excluding tert-OH is 1. The van der Waals surface area contributed by atoms with Gasteiger partial charge in [-0.2, -0.15) is 9.59 Å². The lowest BCUT2D eigenvalue weighted by Crippen LogP contribution is -2.09. The molecule has 2 aromatic rings. The van der Waals surface area contributed by atoms with E-state index < -0.39 is 0 Å². The van der Waals surface area contributed by atoms with Crippen molar-refractivity contribution in [1.82, 2.24) is 0 Å². The second-order valence-corrected chi connectivity index (χ2v) is 6.84. The van der Waals surface area contributed by atoms with E-state index in [2.05, 4.69) is 0 Å².